The van der Waals surface area contributed by atoms with Gasteiger partial charge in [-0.15, -0.1) is 0 Å². The zero-order valence-corrected chi connectivity index (χ0v) is 18.8. The maximum Gasteiger partial charge on any atom is 0.326 e. The molecule has 0 fully saturated rings. The minimum absolute atomic E-state index is 0.0425. The number of hydrogen-bond acceptors (Lipinski definition) is 4. The van der Waals surface area contributed by atoms with Crippen molar-refractivity contribution in [3.63, 3.8) is 0 Å². The number of carboxylic acid groups (broad SMARTS) is 1. The van der Waals surface area contributed by atoms with E-state index in [1.54, 1.807) is 4.90 Å². The molecule has 2 aromatic carbocycles. The molecule has 2 rings (SSSR count). The van der Waals surface area contributed by atoms with Crippen LogP contribution in [0.25, 0.3) is 0 Å². The smallest absolute Gasteiger partial charge is 0.326 e. The van der Waals surface area contributed by atoms with E-state index in [0.29, 0.717) is 25.3 Å². The second-order valence-corrected chi connectivity index (χ2v) is 8.82. The Hall–Kier alpha value is -2.80. The number of nitrogens with one attached hydrogen (secondary N) is 1. The van der Waals surface area contributed by atoms with E-state index in [2.05, 4.69) is 5.32 Å². The van der Waals surface area contributed by atoms with E-state index < -0.39 is 18.0 Å². The third kappa shape index (κ3) is 9.26. The topological polar surface area (TPSA) is 86.7 Å². The van der Waals surface area contributed by atoms with Crippen LogP contribution in [0.5, 0.6) is 0 Å². The monoisotopic (exact) mass is 442 g/mol. The zero-order chi connectivity index (χ0) is 22.6. The van der Waals surface area contributed by atoms with Crippen molar-refractivity contribution in [1.82, 2.24) is 10.2 Å². The summed E-state index contributed by atoms with van der Waals surface area (Å²) in [5, 5.41) is 12.4. The molecular weight excluding hydrogens is 412 g/mol. The average molecular weight is 443 g/mol. The van der Waals surface area contributed by atoms with E-state index in [9.17, 15) is 19.5 Å². The fraction of sp³-hybridized carbons (Fsp3) is 0.375. The molecule has 0 bridgehead atoms. The van der Waals surface area contributed by atoms with Crippen LogP contribution in [0.15, 0.2) is 60.7 Å². The van der Waals surface area contributed by atoms with Crippen LogP contribution in [0, 0.1) is 5.92 Å². The molecule has 7 heteroatoms. The number of carbonyl (C=O) groups excluding carboxylic acids is 2. The molecule has 2 N–H and O–H groups in total. The first kappa shape index (κ1) is 24.5. The van der Waals surface area contributed by atoms with Gasteiger partial charge in [-0.2, -0.15) is 0 Å². The lowest BCUT2D eigenvalue weighted by Gasteiger charge is -2.28. The van der Waals surface area contributed by atoms with Gasteiger partial charge in [0.1, 0.15) is 6.04 Å². The third-order valence-corrected chi connectivity index (χ3v) is 5.92. The Bertz CT molecular complexity index is 845. The number of thioether (sulfide) groups is 1. The number of nitrogens with zero attached hydrogens (tertiary/aromatic N) is 1. The quantitative estimate of drug-likeness (QED) is 0.552. The first-order chi connectivity index (χ1) is 14.8. The van der Waals surface area contributed by atoms with Crippen LogP contribution >= 0.6 is 11.8 Å². The summed E-state index contributed by atoms with van der Waals surface area (Å²) >= 11 is 1.24. The largest absolute Gasteiger partial charge is 0.480 e. The minimum Gasteiger partial charge on any atom is -0.480 e. The molecule has 0 aliphatic carbocycles. The summed E-state index contributed by atoms with van der Waals surface area (Å²) in [6, 6.07) is 17.7. The molecule has 0 radical (unpaired) electrons. The lowest BCUT2D eigenvalue weighted by atomic mass is 10.1. The third-order valence-electron chi connectivity index (χ3n) is 4.78. The Labute approximate surface area is 188 Å². The Morgan fingerprint density at radius 3 is 2.13 bits per heavy atom. The number of carbonyl (C=O) groups is 3. The number of carboxylic acids is 1. The van der Waals surface area contributed by atoms with E-state index in [0.717, 1.165) is 11.1 Å². The molecule has 2 aromatic rings. The van der Waals surface area contributed by atoms with Crippen molar-refractivity contribution >= 4 is 28.9 Å². The predicted octanol–water partition coefficient (Wildman–Crippen LogP) is 3.85. The molecule has 0 aliphatic rings. The second kappa shape index (κ2) is 12.8. The SMILES string of the molecule is CC(=O)SCC(C)CN(CCc1ccccc1)C(=O)N[C@@H](Cc1ccccc1)C(=O)O. The highest BCUT2D eigenvalue weighted by Gasteiger charge is 2.24. The minimum atomic E-state index is -1.07. The van der Waals surface area contributed by atoms with Crippen LogP contribution in [0.3, 0.4) is 0 Å². The van der Waals surface area contributed by atoms with Gasteiger partial charge in [-0.05, 0) is 23.5 Å². The summed E-state index contributed by atoms with van der Waals surface area (Å²) in [6.07, 6.45) is 0.876. The molecular formula is C24H30N2O4S. The normalized spacial score (nSPS) is 12.6. The average Bonchev–Trinajstić information content (AvgIpc) is 2.76. The number of amides is 2. The number of urea groups is 1. The van der Waals surface area contributed by atoms with E-state index in [1.165, 1.54) is 18.7 Å². The van der Waals surface area contributed by atoms with Crippen molar-refractivity contribution < 1.29 is 19.5 Å². The van der Waals surface area contributed by atoms with Gasteiger partial charge >= 0.3 is 12.0 Å². The summed E-state index contributed by atoms with van der Waals surface area (Å²) in [6.45, 7) is 4.41. The van der Waals surface area contributed by atoms with Gasteiger partial charge in [0.15, 0.2) is 5.12 Å². The first-order valence-electron chi connectivity index (χ1n) is 10.3. The van der Waals surface area contributed by atoms with E-state index >= 15 is 0 Å². The maximum atomic E-state index is 13.0. The first-order valence-corrected chi connectivity index (χ1v) is 11.3. The molecule has 0 saturated carbocycles. The van der Waals surface area contributed by atoms with Crippen molar-refractivity contribution in [3.8, 4) is 0 Å². The van der Waals surface area contributed by atoms with Gasteiger partial charge in [0.2, 0.25) is 0 Å². The highest BCUT2D eigenvalue weighted by molar-refractivity contribution is 8.13. The van der Waals surface area contributed by atoms with Crippen molar-refractivity contribution in [1.29, 1.82) is 0 Å². The fourth-order valence-electron chi connectivity index (χ4n) is 3.16. The van der Waals surface area contributed by atoms with Crippen LogP contribution in [0.2, 0.25) is 0 Å². The Balaban J connectivity index is 2.06. The van der Waals surface area contributed by atoms with Crippen LogP contribution in [0.1, 0.15) is 25.0 Å². The van der Waals surface area contributed by atoms with Crippen LogP contribution in [0.4, 0.5) is 4.79 Å². The molecule has 0 saturated heterocycles. The summed E-state index contributed by atoms with van der Waals surface area (Å²) in [5.74, 6) is -0.371. The van der Waals surface area contributed by atoms with Crippen molar-refractivity contribution in [3.05, 3.63) is 71.8 Å². The lowest BCUT2D eigenvalue weighted by Crippen LogP contribution is -2.50. The second-order valence-electron chi connectivity index (χ2n) is 7.62. The molecule has 0 spiro atoms. The molecule has 31 heavy (non-hydrogen) atoms. The number of hydrogen-bond donors (Lipinski definition) is 2. The van der Waals surface area contributed by atoms with Crippen LogP contribution in [-0.4, -0.2) is 52.0 Å². The van der Waals surface area contributed by atoms with Gasteiger partial charge in [-0.25, -0.2) is 9.59 Å². The van der Waals surface area contributed by atoms with Gasteiger partial charge in [0.05, 0.1) is 0 Å². The summed E-state index contributed by atoms with van der Waals surface area (Å²) in [4.78, 5) is 37.7. The lowest BCUT2D eigenvalue weighted by molar-refractivity contribution is -0.139. The van der Waals surface area contributed by atoms with Gasteiger partial charge in [-0.1, -0.05) is 79.3 Å². The van der Waals surface area contributed by atoms with E-state index in [-0.39, 0.29) is 17.5 Å². The highest BCUT2D eigenvalue weighted by Crippen LogP contribution is 2.12. The molecule has 2 amide bonds. The molecule has 1 unspecified atom stereocenters. The van der Waals surface area contributed by atoms with Gasteiger partial charge < -0.3 is 15.3 Å². The molecule has 0 aliphatic heterocycles. The van der Waals surface area contributed by atoms with Gasteiger partial charge in [0, 0.05) is 32.2 Å². The number of rotatable bonds is 11. The predicted molar refractivity (Wildman–Crippen MR) is 124 cm³/mol. The van der Waals surface area contributed by atoms with Gasteiger partial charge in [-0.3, -0.25) is 4.79 Å². The summed E-state index contributed by atoms with van der Waals surface area (Å²) in [7, 11) is 0. The van der Waals surface area contributed by atoms with E-state index in [4.69, 9.17) is 0 Å². The standard InChI is InChI=1S/C24H30N2O4S/c1-18(17-31-19(2)27)16-26(14-13-20-9-5-3-6-10-20)24(30)25-22(23(28)29)15-21-11-7-4-8-12-21/h3-12,18,22H,13-17H2,1-2H3,(H,25,30)(H,28,29)/t18?,22-/m0/s1. The van der Waals surface area contributed by atoms with Crippen molar-refractivity contribution in [2.75, 3.05) is 18.8 Å². The summed E-state index contributed by atoms with van der Waals surface area (Å²) < 4.78 is 0. The number of benzene rings is 2. The molecule has 166 valence electrons. The molecule has 2 atom stereocenters. The fourth-order valence-corrected chi connectivity index (χ4v) is 3.79. The van der Waals surface area contributed by atoms with E-state index in [1.807, 2.05) is 67.6 Å². The van der Waals surface area contributed by atoms with Crippen LogP contribution in [-0.2, 0) is 22.4 Å². The van der Waals surface area contributed by atoms with Crippen molar-refractivity contribution in [2.45, 2.75) is 32.7 Å². The Kier molecular flexibility index (Phi) is 10.1. The zero-order valence-electron chi connectivity index (χ0n) is 18.0. The summed E-state index contributed by atoms with van der Waals surface area (Å²) in [5.41, 5.74) is 1.95. The Morgan fingerprint density at radius 2 is 1.58 bits per heavy atom. The van der Waals surface area contributed by atoms with Crippen LogP contribution < -0.4 is 5.32 Å². The maximum absolute atomic E-state index is 13.0. The molecule has 0 heterocycles. The number of aliphatic carboxylic acids is 1. The highest BCUT2D eigenvalue weighted by atomic mass is 32.2. The Morgan fingerprint density at radius 1 is 1.00 bits per heavy atom. The molecule has 6 nitrogen and oxygen atoms in total. The van der Waals surface area contributed by atoms with Gasteiger partial charge in [0.25, 0.3) is 0 Å². The van der Waals surface area contributed by atoms with Crippen molar-refractivity contribution in [2.24, 2.45) is 5.92 Å². The molecule has 0 aromatic heterocycles.